The number of nitrogens with zero attached hydrogens (tertiary/aromatic N) is 3. The van der Waals surface area contributed by atoms with Gasteiger partial charge in [-0.05, 0) is 84.5 Å². The normalized spacial score (nSPS) is 19.1. The summed E-state index contributed by atoms with van der Waals surface area (Å²) >= 11 is 6.28. The van der Waals surface area contributed by atoms with Crippen molar-refractivity contribution in [2.24, 2.45) is 10.6 Å². The van der Waals surface area contributed by atoms with Crippen molar-refractivity contribution >= 4 is 23.4 Å². The highest BCUT2D eigenvalue weighted by Gasteiger charge is 2.39. The topological polar surface area (TPSA) is 86.0 Å². The van der Waals surface area contributed by atoms with E-state index in [2.05, 4.69) is 68.2 Å². The number of benzene rings is 2. The van der Waals surface area contributed by atoms with Gasteiger partial charge in [-0.25, -0.2) is 4.79 Å². The van der Waals surface area contributed by atoms with Crippen molar-refractivity contribution in [1.29, 1.82) is 0 Å². The molecule has 1 aromatic heterocycles. The van der Waals surface area contributed by atoms with Gasteiger partial charge in [0.1, 0.15) is 0 Å². The van der Waals surface area contributed by atoms with Crippen LogP contribution in [-0.2, 0) is 0 Å². The van der Waals surface area contributed by atoms with Crippen molar-refractivity contribution in [1.82, 2.24) is 9.88 Å². The number of pyridine rings is 1. The van der Waals surface area contributed by atoms with Crippen LogP contribution >= 0.6 is 11.6 Å². The number of halogens is 1. The highest BCUT2D eigenvalue weighted by molar-refractivity contribution is 6.30. The molecule has 39 heavy (non-hydrogen) atoms. The second-order valence-corrected chi connectivity index (χ2v) is 12.2. The lowest BCUT2D eigenvalue weighted by Crippen LogP contribution is -2.51. The van der Waals surface area contributed by atoms with Gasteiger partial charge in [-0.15, -0.1) is 0 Å². The van der Waals surface area contributed by atoms with Gasteiger partial charge in [-0.3, -0.25) is 4.98 Å². The van der Waals surface area contributed by atoms with E-state index in [0.717, 1.165) is 40.8 Å². The van der Waals surface area contributed by atoms with Crippen LogP contribution in [0.15, 0.2) is 65.9 Å². The third-order valence-electron chi connectivity index (χ3n) is 8.01. The van der Waals surface area contributed by atoms with Crippen molar-refractivity contribution in [3.63, 3.8) is 0 Å². The number of carbonyl (C=O) groups is 1. The Morgan fingerprint density at radius 2 is 1.85 bits per heavy atom. The molecule has 7 heteroatoms. The van der Waals surface area contributed by atoms with Crippen molar-refractivity contribution in [3.05, 3.63) is 99.3 Å². The van der Waals surface area contributed by atoms with E-state index in [1.165, 1.54) is 5.56 Å². The van der Waals surface area contributed by atoms with Crippen LogP contribution < -0.4 is 0 Å². The van der Waals surface area contributed by atoms with Gasteiger partial charge in [0.05, 0.1) is 5.71 Å². The molecule has 4 rings (SSSR count). The van der Waals surface area contributed by atoms with Gasteiger partial charge in [0, 0.05) is 47.4 Å². The van der Waals surface area contributed by atoms with Crippen molar-refractivity contribution in [3.8, 4) is 0 Å². The summed E-state index contributed by atoms with van der Waals surface area (Å²) in [5.41, 5.74) is 6.71. The van der Waals surface area contributed by atoms with Crippen LogP contribution in [0.4, 0.5) is 4.79 Å². The molecule has 1 aliphatic heterocycles. The average Bonchev–Trinajstić information content (AvgIpc) is 2.89. The molecule has 206 valence electrons. The number of likely N-dealkylation sites (tertiary alicyclic amines) is 1. The number of rotatable bonds is 6. The Bertz CT molecular complexity index is 1350. The largest absolute Gasteiger partial charge is 0.465 e. The van der Waals surface area contributed by atoms with E-state index in [1.807, 2.05) is 31.2 Å². The highest BCUT2D eigenvalue weighted by Crippen LogP contribution is 2.40. The minimum atomic E-state index is -0.837. The first-order chi connectivity index (χ1) is 18.5. The lowest BCUT2D eigenvalue weighted by molar-refractivity contribution is 0.0526. The Balaban J connectivity index is 1.66. The minimum Gasteiger partial charge on any atom is -0.465 e. The van der Waals surface area contributed by atoms with Crippen molar-refractivity contribution in [2.45, 2.75) is 71.8 Å². The van der Waals surface area contributed by atoms with Crippen molar-refractivity contribution in [2.75, 3.05) is 6.54 Å². The summed E-state index contributed by atoms with van der Waals surface area (Å²) in [6.45, 7) is 10.9. The lowest BCUT2D eigenvalue weighted by Gasteiger charge is -2.44. The van der Waals surface area contributed by atoms with Crippen LogP contribution in [0.25, 0.3) is 0 Å². The molecule has 0 saturated carbocycles. The maximum Gasteiger partial charge on any atom is 0.407 e. The minimum absolute atomic E-state index is 0.0370. The Morgan fingerprint density at radius 1 is 1.13 bits per heavy atom. The first-order valence-corrected chi connectivity index (χ1v) is 13.8. The number of carboxylic acid groups (broad SMARTS) is 1. The number of amides is 1. The van der Waals surface area contributed by atoms with E-state index in [0.29, 0.717) is 29.6 Å². The van der Waals surface area contributed by atoms with Gasteiger partial charge in [0.2, 0.25) is 0 Å². The Morgan fingerprint density at radius 3 is 2.44 bits per heavy atom. The summed E-state index contributed by atoms with van der Waals surface area (Å²) in [6, 6.07) is 18.4. The third-order valence-corrected chi connectivity index (χ3v) is 8.25. The molecule has 2 aromatic carbocycles. The molecule has 3 aromatic rings. The molecule has 1 saturated heterocycles. The zero-order valence-electron chi connectivity index (χ0n) is 23.4. The Kier molecular flexibility index (Phi) is 8.65. The molecule has 0 aliphatic carbocycles. The SMILES string of the molecule is Cc1cc(/C(CC(c2ccc(C3CCN(C(=O)O)C(C(C)(C)C)C3)cc2)c2ccc(Cl)cc2C)=N/O)ccn1. The number of aromatic nitrogens is 1. The zero-order chi connectivity index (χ0) is 28.3. The molecule has 0 bridgehead atoms. The number of hydrogen-bond donors (Lipinski definition) is 2. The monoisotopic (exact) mass is 547 g/mol. The molecule has 1 aliphatic rings. The second kappa shape index (κ2) is 11.8. The highest BCUT2D eigenvalue weighted by atomic mass is 35.5. The zero-order valence-corrected chi connectivity index (χ0v) is 24.1. The molecular weight excluding hydrogens is 510 g/mol. The van der Waals surface area contributed by atoms with E-state index in [4.69, 9.17) is 11.6 Å². The maximum absolute atomic E-state index is 11.9. The van der Waals surface area contributed by atoms with Gasteiger partial charge in [-0.1, -0.05) is 67.9 Å². The molecule has 1 amide bonds. The smallest absolute Gasteiger partial charge is 0.407 e. The summed E-state index contributed by atoms with van der Waals surface area (Å²) in [5.74, 6) is 0.246. The first kappa shape index (κ1) is 28.6. The number of hydrogen-bond acceptors (Lipinski definition) is 4. The summed E-state index contributed by atoms with van der Waals surface area (Å²) in [7, 11) is 0. The summed E-state index contributed by atoms with van der Waals surface area (Å²) in [4.78, 5) is 17.8. The van der Waals surface area contributed by atoms with Gasteiger partial charge in [0.15, 0.2) is 0 Å². The fourth-order valence-electron chi connectivity index (χ4n) is 5.89. The van der Waals surface area contributed by atoms with Crippen LogP contribution in [0.5, 0.6) is 0 Å². The number of piperidine rings is 1. The number of oxime groups is 1. The predicted octanol–water partition coefficient (Wildman–Crippen LogP) is 8.02. The standard InChI is InChI=1S/C32H38ClN3O3/c1-20-16-26(33)10-11-27(20)28(19-29(35-39)25-12-14-34-21(2)17-25)23-8-6-22(7-9-23)24-13-15-36(31(37)38)30(18-24)32(3,4)5/h6-12,14,16-17,24,28,30,39H,13,15,18-19H2,1-5H3,(H,37,38)/b35-29+. The van der Waals surface area contributed by atoms with E-state index in [-0.39, 0.29) is 17.4 Å². The molecule has 2 N–H and O–H groups in total. The van der Waals surface area contributed by atoms with E-state index < -0.39 is 6.09 Å². The molecule has 2 heterocycles. The Labute approximate surface area is 236 Å². The third kappa shape index (κ3) is 6.62. The van der Waals surface area contributed by atoms with Crippen LogP contribution in [-0.4, -0.2) is 44.6 Å². The van der Waals surface area contributed by atoms with Gasteiger partial charge in [-0.2, -0.15) is 0 Å². The summed E-state index contributed by atoms with van der Waals surface area (Å²) < 4.78 is 0. The molecule has 3 atom stereocenters. The van der Waals surface area contributed by atoms with Crippen LogP contribution in [0.1, 0.15) is 85.4 Å². The second-order valence-electron chi connectivity index (χ2n) is 11.7. The molecule has 3 unspecified atom stereocenters. The van der Waals surface area contributed by atoms with Gasteiger partial charge in [0.25, 0.3) is 0 Å². The van der Waals surface area contributed by atoms with Crippen molar-refractivity contribution < 1.29 is 15.1 Å². The predicted molar refractivity (Wildman–Crippen MR) is 156 cm³/mol. The molecule has 0 spiro atoms. The summed E-state index contributed by atoms with van der Waals surface area (Å²) in [6.07, 6.45) is 3.01. The van der Waals surface area contributed by atoms with Crippen LogP contribution in [0.3, 0.4) is 0 Å². The molecule has 0 radical (unpaired) electrons. The van der Waals surface area contributed by atoms with Gasteiger partial charge < -0.3 is 15.2 Å². The van der Waals surface area contributed by atoms with E-state index in [9.17, 15) is 15.1 Å². The van der Waals surface area contributed by atoms with E-state index in [1.54, 1.807) is 11.1 Å². The molecule has 6 nitrogen and oxygen atoms in total. The molecular formula is C32H38ClN3O3. The fourth-order valence-corrected chi connectivity index (χ4v) is 6.12. The average molecular weight is 548 g/mol. The lowest BCUT2D eigenvalue weighted by atomic mass is 9.75. The summed E-state index contributed by atoms with van der Waals surface area (Å²) in [5, 5.41) is 24.1. The maximum atomic E-state index is 11.9. The first-order valence-electron chi connectivity index (χ1n) is 13.5. The van der Waals surface area contributed by atoms with E-state index >= 15 is 0 Å². The fraction of sp³-hybridized carbons (Fsp3) is 0.406. The van der Waals surface area contributed by atoms with Crippen LogP contribution in [0.2, 0.25) is 5.02 Å². The van der Waals surface area contributed by atoms with Gasteiger partial charge >= 0.3 is 6.09 Å². The Hall–Kier alpha value is -3.38. The molecule has 1 fully saturated rings. The quantitative estimate of drug-likeness (QED) is 0.186. The van der Waals surface area contributed by atoms with Crippen LogP contribution in [0, 0.1) is 19.3 Å². The number of aryl methyl sites for hydroxylation is 2.